The van der Waals surface area contributed by atoms with Crippen LogP contribution in [0.2, 0.25) is 0 Å². The minimum atomic E-state index is -4.37. The Kier molecular flexibility index (Phi) is 4.83. The SMILES string of the molecule is CCCc1ccc(-c2nc3cc4oc(-c5ccc(C)cc5)nc4cc3o2)cc1S(=O)(=O)O. The lowest BCUT2D eigenvalue weighted by Crippen LogP contribution is -2.03. The fraction of sp³-hybridized carbons (Fsp3) is 0.167. The van der Waals surface area contributed by atoms with E-state index in [0.717, 1.165) is 17.5 Å². The van der Waals surface area contributed by atoms with Gasteiger partial charge in [-0.05, 0) is 43.2 Å². The third-order valence-corrected chi connectivity index (χ3v) is 6.24. The summed E-state index contributed by atoms with van der Waals surface area (Å²) < 4.78 is 45.2. The molecule has 0 aliphatic heterocycles. The molecule has 1 N–H and O–H groups in total. The monoisotopic (exact) mass is 448 g/mol. The summed E-state index contributed by atoms with van der Waals surface area (Å²) >= 11 is 0. The van der Waals surface area contributed by atoms with E-state index >= 15 is 0 Å². The summed E-state index contributed by atoms with van der Waals surface area (Å²) in [6.45, 7) is 3.96. The van der Waals surface area contributed by atoms with Crippen LogP contribution in [0.5, 0.6) is 0 Å². The second kappa shape index (κ2) is 7.58. The van der Waals surface area contributed by atoms with E-state index in [4.69, 9.17) is 8.83 Å². The second-order valence-electron chi connectivity index (χ2n) is 7.74. The second-order valence-corrected chi connectivity index (χ2v) is 9.13. The van der Waals surface area contributed by atoms with Crippen LogP contribution in [0.3, 0.4) is 0 Å². The number of nitrogens with zero attached hydrogens (tertiary/aromatic N) is 2. The van der Waals surface area contributed by atoms with Crippen LogP contribution in [0.25, 0.3) is 45.1 Å². The lowest BCUT2D eigenvalue weighted by atomic mass is 10.1. The number of hydrogen-bond acceptors (Lipinski definition) is 6. The highest BCUT2D eigenvalue weighted by Gasteiger charge is 2.19. The van der Waals surface area contributed by atoms with Crippen molar-refractivity contribution in [2.45, 2.75) is 31.6 Å². The van der Waals surface area contributed by atoms with Gasteiger partial charge in [-0.15, -0.1) is 0 Å². The van der Waals surface area contributed by atoms with Crippen molar-refractivity contribution in [3.63, 3.8) is 0 Å². The smallest absolute Gasteiger partial charge is 0.294 e. The van der Waals surface area contributed by atoms with Crippen molar-refractivity contribution in [1.29, 1.82) is 0 Å². The van der Waals surface area contributed by atoms with Gasteiger partial charge in [-0.25, -0.2) is 9.97 Å². The van der Waals surface area contributed by atoms with Gasteiger partial charge in [0.2, 0.25) is 11.8 Å². The zero-order chi connectivity index (χ0) is 22.5. The highest BCUT2D eigenvalue weighted by Crippen LogP contribution is 2.32. The van der Waals surface area contributed by atoms with Crippen LogP contribution in [-0.2, 0) is 16.5 Å². The Labute approximate surface area is 184 Å². The van der Waals surface area contributed by atoms with Gasteiger partial charge in [0.25, 0.3) is 10.1 Å². The average molecular weight is 449 g/mol. The molecule has 5 aromatic rings. The van der Waals surface area contributed by atoms with Crippen molar-refractivity contribution in [3.05, 3.63) is 65.7 Å². The Balaban J connectivity index is 1.57. The molecule has 0 bridgehead atoms. The first-order chi connectivity index (χ1) is 15.3. The average Bonchev–Trinajstić information content (AvgIpc) is 3.35. The standard InChI is InChI=1S/C24H20N2O5S/c1-3-4-15-9-10-17(11-22(15)32(27,28)29)24-26-19-13-20-18(12-21(19)31-24)25-23(30-20)16-7-5-14(2)6-8-16/h5-13H,3-4H2,1-2H3,(H,27,28,29). The summed E-state index contributed by atoms with van der Waals surface area (Å²) in [5, 5.41) is 0. The van der Waals surface area contributed by atoms with Crippen LogP contribution in [0.1, 0.15) is 24.5 Å². The zero-order valence-corrected chi connectivity index (χ0v) is 18.3. The molecule has 0 saturated carbocycles. The summed E-state index contributed by atoms with van der Waals surface area (Å²) in [6.07, 6.45) is 1.29. The third kappa shape index (κ3) is 3.68. The molecule has 7 nitrogen and oxygen atoms in total. The van der Waals surface area contributed by atoms with Crippen molar-refractivity contribution in [3.8, 4) is 22.9 Å². The minimum Gasteiger partial charge on any atom is -0.436 e. The van der Waals surface area contributed by atoms with Crippen molar-refractivity contribution in [1.82, 2.24) is 9.97 Å². The fourth-order valence-corrected chi connectivity index (χ4v) is 4.47. The molecular formula is C24H20N2O5S. The quantitative estimate of drug-likeness (QED) is 0.338. The van der Waals surface area contributed by atoms with Gasteiger partial charge < -0.3 is 8.83 Å². The Morgan fingerprint density at radius 3 is 1.97 bits per heavy atom. The van der Waals surface area contributed by atoms with E-state index in [9.17, 15) is 13.0 Å². The maximum Gasteiger partial charge on any atom is 0.294 e. The molecule has 5 rings (SSSR count). The highest BCUT2D eigenvalue weighted by molar-refractivity contribution is 7.85. The predicted octanol–water partition coefficient (Wildman–Crippen LogP) is 5.81. The molecule has 0 aliphatic carbocycles. The van der Waals surface area contributed by atoms with E-state index in [1.807, 2.05) is 38.1 Å². The first-order valence-corrected chi connectivity index (χ1v) is 11.6. The van der Waals surface area contributed by atoms with Gasteiger partial charge in [0.1, 0.15) is 11.0 Å². The number of rotatable bonds is 5. The first kappa shape index (κ1) is 20.4. The van der Waals surface area contributed by atoms with E-state index in [1.54, 1.807) is 24.3 Å². The van der Waals surface area contributed by atoms with Crippen molar-refractivity contribution < 1.29 is 21.8 Å². The topological polar surface area (TPSA) is 106 Å². The molecule has 2 heterocycles. The van der Waals surface area contributed by atoms with Crippen LogP contribution in [-0.4, -0.2) is 22.9 Å². The van der Waals surface area contributed by atoms with E-state index in [0.29, 0.717) is 45.6 Å². The zero-order valence-electron chi connectivity index (χ0n) is 17.5. The number of benzene rings is 3. The van der Waals surface area contributed by atoms with E-state index < -0.39 is 10.1 Å². The molecule has 0 saturated heterocycles. The van der Waals surface area contributed by atoms with E-state index in [1.165, 1.54) is 6.07 Å². The first-order valence-electron chi connectivity index (χ1n) is 10.2. The summed E-state index contributed by atoms with van der Waals surface area (Å²) in [6, 6.07) is 16.2. The summed E-state index contributed by atoms with van der Waals surface area (Å²) in [7, 11) is -4.37. The van der Waals surface area contributed by atoms with Crippen molar-refractivity contribution in [2.75, 3.05) is 0 Å². The maximum absolute atomic E-state index is 11.9. The number of fused-ring (bicyclic) bond motifs is 2. The van der Waals surface area contributed by atoms with Crippen molar-refractivity contribution >= 4 is 32.3 Å². The van der Waals surface area contributed by atoms with Crippen LogP contribution >= 0.6 is 0 Å². The Morgan fingerprint density at radius 2 is 1.41 bits per heavy atom. The van der Waals surface area contributed by atoms with E-state index in [2.05, 4.69) is 9.97 Å². The molecule has 0 aliphatic rings. The van der Waals surface area contributed by atoms with Gasteiger partial charge >= 0.3 is 0 Å². The number of aryl methyl sites for hydroxylation is 2. The molecule has 8 heteroatoms. The lowest BCUT2D eigenvalue weighted by Gasteiger charge is -2.07. The number of oxazole rings is 2. The highest BCUT2D eigenvalue weighted by atomic mass is 32.2. The molecule has 162 valence electrons. The maximum atomic E-state index is 11.9. The molecule has 0 unspecified atom stereocenters. The Bertz CT molecular complexity index is 1510. The summed E-state index contributed by atoms with van der Waals surface area (Å²) in [5.41, 5.74) is 5.31. The molecule has 0 amide bonds. The number of hydrogen-bond donors (Lipinski definition) is 1. The molecule has 0 atom stereocenters. The molecule has 0 spiro atoms. The van der Waals surface area contributed by atoms with Crippen LogP contribution in [0, 0.1) is 6.92 Å². The third-order valence-electron chi connectivity index (χ3n) is 5.31. The van der Waals surface area contributed by atoms with Gasteiger partial charge in [0.15, 0.2) is 11.2 Å². The van der Waals surface area contributed by atoms with Crippen LogP contribution in [0.4, 0.5) is 0 Å². The molecule has 2 aromatic heterocycles. The van der Waals surface area contributed by atoms with Gasteiger partial charge in [0, 0.05) is 23.3 Å². The molecule has 0 radical (unpaired) electrons. The van der Waals surface area contributed by atoms with Gasteiger partial charge in [-0.3, -0.25) is 4.55 Å². The normalized spacial score (nSPS) is 12.1. The predicted molar refractivity (Wildman–Crippen MR) is 121 cm³/mol. The van der Waals surface area contributed by atoms with Crippen molar-refractivity contribution in [2.24, 2.45) is 0 Å². The lowest BCUT2D eigenvalue weighted by molar-refractivity contribution is 0.482. The number of aromatic nitrogens is 2. The van der Waals surface area contributed by atoms with Crippen LogP contribution in [0.15, 0.2) is 68.3 Å². The summed E-state index contributed by atoms with van der Waals surface area (Å²) in [5.74, 6) is 0.761. The Hall–Kier alpha value is -3.49. The molecule has 0 fully saturated rings. The van der Waals surface area contributed by atoms with E-state index in [-0.39, 0.29) is 10.8 Å². The largest absolute Gasteiger partial charge is 0.436 e. The Morgan fingerprint density at radius 1 is 0.844 bits per heavy atom. The minimum absolute atomic E-state index is 0.128. The van der Waals surface area contributed by atoms with Gasteiger partial charge in [-0.1, -0.05) is 37.1 Å². The van der Waals surface area contributed by atoms with Gasteiger partial charge in [-0.2, -0.15) is 8.42 Å². The molecule has 32 heavy (non-hydrogen) atoms. The summed E-state index contributed by atoms with van der Waals surface area (Å²) in [4.78, 5) is 8.92. The fourth-order valence-electron chi connectivity index (χ4n) is 3.70. The molecular weight excluding hydrogens is 428 g/mol. The van der Waals surface area contributed by atoms with Crippen LogP contribution < -0.4 is 0 Å². The molecule has 3 aromatic carbocycles. The van der Waals surface area contributed by atoms with Gasteiger partial charge in [0.05, 0.1) is 4.90 Å².